The highest BCUT2D eigenvalue weighted by molar-refractivity contribution is 5.98. The number of aromatic amines is 1. The predicted molar refractivity (Wildman–Crippen MR) is 145 cm³/mol. The number of aromatic nitrogens is 1. The molecule has 0 fully saturated rings. The molecule has 0 bridgehead atoms. The molecule has 1 atom stereocenters. The molecule has 1 aliphatic rings. The van der Waals surface area contributed by atoms with Gasteiger partial charge in [-0.3, -0.25) is 4.79 Å². The van der Waals surface area contributed by atoms with Gasteiger partial charge in [-0.1, -0.05) is 36.4 Å². The first-order valence-electron chi connectivity index (χ1n) is 12.7. The van der Waals surface area contributed by atoms with Crippen LogP contribution in [0.3, 0.4) is 0 Å². The number of aryl methyl sites for hydroxylation is 3. The molecule has 1 aromatic heterocycles. The molecule has 5 rings (SSSR count). The number of nitrogens with one attached hydrogen (secondary N) is 1. The van der Waals surface area contributed by atoms with E-state index in [0.717, 1.165) is 47.2 Å². The first kappa shape index (κ1) is 24.1. The lowest BCUT2D eigenvalue weighted by molar-refractivity contribution is 0.0766. The maximum absolute atomic E-state index is 12.9. The third-order valence-corrected chi connectivity index (χ3v) is 7.50. The maximum atomic E-state index is 12.9. The first-order chi connectivity index (χ1) is 17.3. The van der Waals surface area contributed by atoms with Crippen LogP contribution in [0.5, 0.6) is 5.75 Å². The van der Waals surface area contributed by atoms with Gasteiger partial charge in [0.05, 0.1) is 0 Å². The number of fused-ring (bicyclic) bond motifs is 2. The quantitative estimate of drug-likeness (QED) is 0.305. The molecule has 2 heterocycles. The summed E-state index contributed by atoms with van der Waals surface area (Å²) >= 11 is 0. The van der Waals surface area contributed by atoms with E-state index in [1.54, 1.807) is 0 Å². The van der Waals surface area contributed by atoms with Crippen molar-refractivity contribution in [2.24, 2.45) is 5.73 Å². The molecular formula is C31H35N3O2. The molecule has 0 aliphatic carbocycles. The third-order valence-electron chi connectivity index (χ3n) is 7.50. The summed E-state index contributed by atoms with van der Waals surface area (Å²) in [5, 5.41) is 1.17. The number of hydrogen-bond acceptors (Lipinski definition) is 3. The lowest BCUT2D eigenvalue weighted by Crippen LogP contribution is -2.40. The second kappa shape index (κ2) is 9.82. The normalized spacial score (nSPS) is 14.8. The van der Waals surface area contributed by atoms with Crippen LogP contribution in [-0.2, 0) is 19.6 Å². The minimum atomic E-state index is -0.369. The average molecular weight is 482 g/mol. The number of amides is 1. The Hall–Kier alpha value is -3.57. The topological polar surface area (TPSA) is 71.3 Å². The van der Waals surface area contributed by atoms with E-state index in [9.17, 15) is 4.79 Å². The lowest BCUT2D eigenvalue weighted by atomic mass is 9.90. The molecular weight excluding hydrogens is 446 g/mol. The molecule has 1 amide bonds. The Balaban J connectivity index is 1.19. The van der Waals surface area contributed by atoms with Crippen molar-refractivity contribution in [2.45, 2.75) is 58.7 Å². The molecule has 36 heavy (non-hydrogen) atoms. The molecule has 5 nitrogen and oxygen atoms in total. The second-order valence-corrected chi connectivity index (χ2v) is 10.5. The molecule has 3 N–H and O–H groups in total. The van der Waals surface area contributed by atoms with Crippen molar-refractivity contribution in [1.82, 2.24) is 9.88 Å². The summed E-state index contributed by atoms with van der Waals surface area (Å²) in [5.74, 6) is 0.990. The Morgan fingerprint density at radius 3 is 2.61 bits per heavy atom. The van der Waals surface area contributed by atoms with Crippen LogP contribution in [-0.4, -0.2) is 27.9 Å². The third kappa shape index (κ3) is 5.17. The van der Waals surface area contributed by atoms with Crippen LogP contribution in [0.1, 0.15) is 57.9 Å². The van der Waals surface area contributed by atoms with E-state index in [1.165, 1.54) is 22.1 Å². The number of nitrogens with zero attached hydrogens (tertiary/aromatic N) is 1. The minimum absolute atomic E-state index is 0.128. The smallest absolute Gasteiger partial charge is 0.254 e. The van der Waals surface area contributed by atoms with Crippen LogP contribution in [0.15, 0.2) is 66.9 Å². The Kier molecular flexibility index (Phi) is 6.59. The Morgan fingerprint density at radius 2 is 1.81 bits per heavy atom. The van der Waals surface area contributed by atoms with Crippen LogP contribution in [0.4, 0.5) is 0 Å². The van der Waals surface area contributed by atoms with Crippen LogP contribution in [0, 0.1) is 13.8 Å². The first-order valence-corrected chi connectivity index (χ1v) is 12.7. The fourth-order valence-electron chi connectivity index (χ4n) is 4.96. The highest BCUT2D eigenvalue weighted by atomic mass is 16.5. The van der Waals surface area contributed by atoms with E-state index >= 15 is 0 Å². The van der Waals surface area contributed by atoms with Crippen molar-refractivity contribution in [3.63, 3.8) is 0 Å². The molecule has 4 aromatic rings. The van der Waals surface area contributed by atoms with Crippen molar-refractivity contribution >= 4 is 16.8 Å². The Labute approximate surface area is 213 Å². The van der Waals surface area contributed by atoms with Gasteiger partial charge in [0, 0.05) is 41.3 Å². The molecule has 3 aromatic carbocycles. The van der Waals surface area contributed by atoms with Crippen molar-refractivity contribution in [1.29, 1.82) is 0 Å². The molecule has 0 radical (unpaired) electrons. The number of hydrogen-bond donors (Lipinski definition) is 2. The monoisotopic (exact) mass is 481 g/mol. The fourth-order valence-corrected chi connectivity index (χ4v) is 4.96. The van der Waals surface area contributed by atoms with Gasteiger partial charge >= 0.3 is 0 Å². The summed E-state index contributed by atoms with van der Waals surface area (Å²) < 4.78 is 6.04. The van der Waals surface area contributed by atoms with E-state index in [1.807, 2.05) is 35.2 Å². The maximum Gasteiger partial charge on any atom is 0.254 e. The number of ether oxygens (including phenoxy) is 1. The van der Waals surface area contributed by atoms with Gasteiger partial charge in [-0.05, 0) is 92.1 Å². The van der Waals surface area contributed by atoms with Gasteiger partial charge in [-0.15, -0.1) is 0 Å². The van der Waals surface area contributed by atoms with Gasteiger partial charge in [0.15, 0.2) is 0 Å². The predicted octanol–water partition coefficient (Wildman–Crippen LogP) is 6.06. The molecule has 0 saturated carbocycles. The highest BCUT2D eigenvalue weighted by Gasteiger charge is 2.29. The van der Waals surface area contributed by atoms with Crippen molar-refractivity contribution < 1.29 is 9.53 Å². The molecule has 0 saturated heterocycles. The van der Waals surface area contributed by atoms with E-state index in [-0.39, 0.29) is 11.4 Å². The molecule has 0 spiro atoms. The fraction of sp³-hybridized carbons (Fsp3) is 0.323. The highest BCUT2D eigenvalue weighted by Crippen LogP contribution is 2.29. The van der Waals surface area contributed by atoms with Crippen molar-refractivity contribution in [2.75, 3.05) is 6.54 Å². The summed E-state index contributed by atoms with van der Waals surface area (Å²) in [5.41, 5.74) is 14.2. The SMILES string of the molecule is Cc1cc2c(cc1C)C(=O)N(CCC(C)(N)CCc1c[nH]c3ccc(OCc4ccccc4)cc13)C2. The summed E-state index contributed by atoms with van der Waals surface area (Å²) in [4.78, 5) is 18.2. The summed E-state index contributed by atoms with van der Waals surface area (Å²) in [6, 6.07) is 20.6. The van der Waals surface area contributed by atoms with Crippen LogP contribution >= 0.6 is 0 Å². The zero-order valence-electron chi connectivity index (χ0n) is 21.4. The lowest BCUT2D eigenvalue weighted by Gasteiger charge is -2.27. The zero-order chi connectivity index (χ0) is 25.3. The summed E-state index contributed by atoms with van der Waals surface area (Å²) in [7, 11) is 0. The molecule has 1 aliphatic heterocycles. The van der Waals surface area contributed by atoms with Gasteiger partial charge in [-0.2, -0.15) is 0 Å². The number of carbonyl (C=O) groups excluding carboxylic acids is 1. The zero-order valence-corrected chi connectivity index (χ0v) is 21.4. The van der Waals surface area contributed by atoms with Crippen LogP contribution in [0.2, 0.25) is 0 Å². The number of nitrogens with two attached hydrogens (primary N) is 1. The van der Waals surface area contributed by atoms with Gasteiger partial charge < -0.3 is 20.4 Å². The van der Waals surface area contributed by atoms with E-state index in [2.05, 4.69) is 62.3 Å². The molecule has 186 valence electrons. The van der Waals surface area contributed by atoms with Gasteiger partial charge in [0.1, 0.15) is 12.4 Å². The largest absolute Gasteiger partial charge is 0.489 e. The summed E-state index contributed by atoms with van der Waals surface area (Å²) in [6.45, 7) is 8.15. The van der Waals surface area contributed by atoms with E-state index in [4.69, 9.17) is 10.5 Å². The van der Waals surface area contributed by atoms with Crippen molar-refractivity contribution in [3.05, 3.63) is 100 Å². The van der Waals surface area contributed by atoms with Crippen LogP contribution < -0.4 is 10.5 Å². The Morgan fingerprint density at radius 1 is 1.03 bits per heavy atom. The Bertz CT molecular complexity index is 1390. The van der Waals surface area contributed by atoms with E-state index < -0.39 is 0 Å². The number of carbonyl (C=O) groups is 1. The molecule has 5 heteroatoms. The van der Waals surface area contributed by atoms with Gasteiger partial charge in [0.25, 0.3) is 5.91 Å². The average Bonchev–Trinajstić information content (AvgIpc) is 3.41. The van der Waals surface area contributed by atoms with E-state index in [0.29, 0.717) is 19.7 Å². The van der Waals surface area contributed by atoms with Gasteiger partial charge in [0.2, 0.25) is 0 Å². The molecule has 1 unspecified atom stereocenters. The number of rotatable bonds is 9. The standard InChI is InChI=1S/C31H35N3O2/c1-21-15-25-19-34(30(35)28(25)16-22(21)2)14-13-31(3,32)12-11-24-18-33-29-10-9-26(17-27(24)29)36-20-23-7-5-4-6-8-23/h4-10,15-18,33H,11-14,19-20,32H2,1-3H3. The second-order valence-electron chi connectivity index (χ2n) is 10.5. The summed E-state index contributed by atoms with van der Waals surface area (Å²) in [6.07, 6.45) is 4.54. The number of benzene rings is 3. The minimum Gasteiger partial charge on any atom is -0.489 e. The van der Waals surface area contributed by atoms with Crippen molar-refractivity contribution in [3.8, 4) is 5.75 Å². The number of H-pyrrole nitrogens is 1. The van der Waals surface area contributed by atoms with Crippen LogP contribution in [0.25, 0.3) is 10.9 Å². The van der Waals surface area contributed by atoms with Gasteiger partial charge in [-0.25, -0.2) is 0 Å².